The lowest BCUT2D eigenvalue weighted by atomic mass is 10.1. The number of hydrogen-bond donors (Lipinski definition) is 3. The van der Waals surface area contributed by atoms with E-state index in [0.29, 0.717) is 12.4 Å². The van der Waals surface area contributed by atoms with E-state index in [1.807, 2.05) is 26.2 Å². The smallest absolute Gasteiger partial charge is 0.252 e. The molecule has 0 saturated carbocycles. The van der Waals surface area contributed by atoms with E-state index in [1.54, 1.807) is 6.07 Å². The molecule has 1 atom stereocenters. The number of aromatic amines is 2. The monoisotopic (exact) mass is 339 g/mol. The zero-order valence-corrected chi connectivity index (χ0v) is 15.2. The van der Waals surface area contributed by atoms with Gasteiger partial charge in [0.05, 0.1) is 5.69 Å². The second kappa shape index (κ2) is 7.11. The van der Waals surface area contributed by atoms with Crippen LogP contribution in [0.15, 0.2) is 35.1 Å². The first-order valence-corrected chi connectivity index (χ1v) is 8.50. The van der Waals surface area contributed by atoms with E-state index < -0.39 is 0 Å². The molecule has 3 N–H and O–H groups in total. The summed E-state index contributed by atoms with van der Waals surface area (Å²) in [4.78, 5) is 24.9. The van der Waals surface area contributed by atoms with Crippen molar-refractivity contribution in [2.75, 3.05) is 26.0 Å². The van der Waals surface area contributed by atoms with E-state index >= 15 is 0 Å². The summed E-state index contributed by atoms with van der Waals surface area (Å²) >= 11 is 0. The van der Waals surface area contributed by atoms with Crippen LogP contribution in [0, 0.1) is 6.92 Å². The van der Waals surface area contributed by atoms with E-state index in [2.05, 4.69) is 51.1 Å². The third-order valence-electron chi connectivity index (χ3n) is 4.20. The first-order chi connectivity index (χ1) is 11.9. The number of aryl methyl sites for hydroxylation is 1. The third kappa shape index (κ3) is 4.09. The molecule has 0 aliphatic rings. The highest BCUT2D eigenvalue weighted by Gasteiger charge is 2.12. The molecule has 0 amide bonds. The fraction of sp³-hybridized carbons (Fsp3) is 0.368. The molecule has 6 heteroatoms. The SMILES string of the molecule is Cc1[nH]c2ccccc2c1Cc1cc(=O)[nH]c(NC(C)CN(C)C)n1. The minimum atomic E-state index is -0.137. The molecule has 0 saturated heterocycles. The number of hydrogen-bond acceptors (Lipinski definition) is 4. The van der Waals surface area contributed by atoms with Gasteiger partial charge >= 0.3 is 0 Å². The maximum Gasteiger partial charge on any atom is 0.252 e. The Morgan fingerprint density at radius 2 is 2.00 bits per heavy atom. The summed E-state index contributed by atoms with van der Waals surface area (Å²) in [5, 5.41) is 4.45. The Kier molecular flexibility index (Phi) is 4.90. The second-order valence-corrected chi connectivity index (χ2v) is 6.84. The third-order valence-corrected chi connectivity index (χ3v) is 4.20. The van der Waals surface area contributed by atoms with Crippen LogP contribution in [0.3, 0.4) is 0 Å². The van der Waals surface area contributed by atoms with Gasteiger partial charge in [0.2, 0.25) is 5.95 Å². The molecule has 132 valence electrons. The summed E-state index contributed by atoms with van der Waals surface area (Å²) in [5.41, 5.74) is 4.02. The molecule has 0 aliphatic carbocycles. The Balaban J connectivity index is 1.87. The molecule has 1 unspecified atom stereocenters. The van der Waals surface area contributed by atoms with Crippen LogP contribution >= 0.6 is 0 Å². The molecule has 0 fully saturated rings. The molecule has 0 spiro atoms. The summed E-state index contributed by atoms with van der Waals surface area (Å²) in [6.07, 6.45) is 0.622. The van der Waals surface area contributed by atoms with Crippen molar-refractivity contribution >= 4 is 16.9 Å². The van der Waals surface area contributed by atoms with Gasteiger partial charge in [0.15, 0.2) is 0 Å². The number of likely N-dealkylation sites (N-methyl/N-ethyl adjacent to an activating group) is 1. The van der Waals surface area contributed by atoms with Crippen molar-refractivity contribution in [3.05, 3.63) is 57.6 Å². The molecule has 25 heavy (non-hydrogen) atoms. The Labute approximate surface area is 147 Å². The number of nitrogens with zero attached hydrogens (tertiary/aromatic N) is 2. The molecule has 3 aromatic rings. The zero-order chi connectivity index (χ0) is 18.0. The quantitative estimate of drug-likeness (QED) is 0.645. The summed E-state index contributed by atoms with van der Waals surface area (Å²) < 4.78 is 0. The van der Waals surface area contributed by atoms with Crippen molar-refractivity contribution in [3.63, 3.8) is 0 Å². The number of benzene rings is 1. The van der Waals surface area contributed by atoms with E-state index in [4.69, 9.17) is 0 Å². The molecule has 3 rings (SSSR count). The van der Waals surface area contributed by atoms with Crippen LogP contribution in [0.4, 0.5) is 5.95 Å². The van der Waals surface area contributed by atoms with Crippen LogP contribution in [-0.2, 0) is 6.42 Å². The highest BCUT2D eigenvalue weighted by Crippen LogP contribution is 2.23. The van der Waals surface area contributed by atoms with E-state index in [1.165, 1.54) is 10.9 Å². The van der Waals surface area contributed by atoms with Gasteiger partial charge in [-0.1, -0.05) is 18.2 Å². The normalized spacial score (nSPS) is 12.7. The number of nitrogens with one attached hydrogen (secondary N) is 3. The average Bonchev–Trinajstić information content (AvgIpc) is 2.82. The lowest BCUT2D eigenvalue weighted by Gasteiger charge is -2.18. The van der Waals surface area contributed by atoms with E-state index in [-0.39, 0.29) is 11.6 Å². The van der Waals surface area contributed by atoms with Crippen molar-refractivity contribution in [1.29, 1.82) is 0 Å². The molecule has 1 aromatic carbocycles. The van der Waals surface area contributed by atoms with Crippen LogP contribution in [0.1, 0.15) is 23.9 Å². The molecule has 0 radical (unpaired) electrons. The summed E-state index contributed by atoms with van der Waals surface area (Å²) in [6, 6.07) is 9.96. The lowest BCUT2D eigenvalue weighted by molar-refractivity contribution is 0.391. The fourth-order valence-corrected chi connectivity index (χ4v) is 3.24. The Morgan fingerprint density at radius 1 is 1.24 bits per heavy atom. The van der Waals surface area contributed by atoms with Crippen LogP contribution in [0.25, 0.3) is 10.9 Å². The van der Waals surface area contributed by atoms with Crippen molar-refractivity contribution in [2.24, 2.45) is 0 Å². The summed E-state index contributed by atoms with van der Waals surface area (Å²) in [6.45, 7) is 4.98. The molecular weight excluding hydrogens is 314 g/mol. The van der Waals surface area contributed by atoms with Gasteiger partial charge in [-0.25, -0.2) is 4.98 Å². The van der Waals surface area contributed by atoms with Crippen LogP contribution in [-0.4, -0.2) is 46.5 Å². The lowest BCUT2D eigenvalue weighted by Crippen LogP contribution is -2.31. The predicted molar refractivity (Wildman–Crippen MR) is 102 cm³/mol. The van der Waals surface area contributed by atoms with Gasteiger partial charge < -0.3 is 15.2 Å². The molecule has 2 aromatic heterocycles. The largest absolute Gasteiger partial charge is 0.358 e. The molecular formula is C19H25N5O. The molecule has 0 bridgehead atoms. The Morgan fingerprint density at radius 3 is 2.76 bits per heavy atom. The molecule has 0 aliphatic heterocycles. The van der Waals surface area contributed by atoms with Crippen molar-refractivity contribution in [1.82, 2.24) is 19.9 Å². The Hall–Kier alpha value is -2.60. The first-order valence-electron chi connectivity index (χ1n) is 8.50. The number of rotatable bonds is 6. The highest BCUT2D eigenvalue weighted by molar-refractivity contribution is 5.84. The van der Waals surface area contributed by atoms with E-state index in [9.17, 15) is 4.79 Å². The van der Waals surface area contributed by atoms with Crippen molar-refractivity contribution in [3.8, 4) is 0 Å². The topological polar surface area (TPSA) is 76.8 Å². The highest BCUT2D eigenvalue weighted by atomic mass is 16.1. The molecule has 2 heterocycles. The van der Waals surface area contributed by atoms with E-state index in [0.717, 1.165) is 23.4 Å². The van der Waals surface area contributed by atoms with Crippen LogP contribution < -0.4 is 10.9 Å². The number of para-hydroxylation sites is 1. The van der Waals surface area contributed by atoms with Gasteiger partial charge in [0.25, 0.3) is 5.56 Å². The minimum Gasteiger partial charge on any atom is -0.358 e. The number of fused-ring (bicyclic) bond motifs is 1. The summed E-state index contributed by atoms with van der Waals surface area (Å²) in [5.74, 6) is 0.523. The number of aromatic nitrogens is 3. The van der Waals surface area contributed by atoms with Gasteiger partial charge in [-0.3, -0.25) is 9.78 Å². The van der Waals surface area contributed by atoms with Gasteiger partial charge in [-0.05, 0) is 39.6 Å². The number of H-pyrrole nitrogens is 2. The van der Waals surface area contributed by atoms with Gasteiger partial charge in [0.1, 0.15) is 0 Å². The minimum absolute atomic E-state index is 0.137. The zero-order valence-electron chi connectivity index (χ0n) is 15.2. The van der Waals surface area contributed by atoms with Crippen molar-refractivity contribution < 1.29 is 0 Å². The first kappa shape index (κ1) is 17.2. The van der Waals surface area contributed by atoms with Crippen LogP contribution in [0.2, 0.25) is 0 Å². The Bertz CT molecular complexity index is 925. The average molecular weight is 339 g/mol. The van der Waals surface area contributed by atoms with Crippen molar-refractivity contribution in [2.45, 2.75) is 26.3 Å². The fourth-order valence-electron chi connectivity index (χ4n) is 3.24. The van der Waals surface area contributed by atoms with Gasteiger partial charge in [-0.15, -0.1) is 0 Å². The predicted octanol–water partition coefficient (Wildman–Crippen LogP) is 2.51. The standard InChI is InChI=1S/C19H25N5O/c1-12(11-24(3)4)20-19-22-14(10-18(25)23-19)9-16-13(2)21-17-8-6-5-7-15(16)17/h5-8,10,12,21H,9,11H2,1-4H3,(H2,20,22,23,25). The second-order valence-electron chi connectivity index (χ2n) is 6.84. The van der Waals surface area contributed by atoms with Gasteiger partial charge in [0, 0.05) is 41.7 Å². The van der Waals surface area contributed by atoms with Gasteiger partial charge in [-0.2, -0.15) is 0 Å². The molecule has 6 nitrogen and oxygen atoms in total. The van der Waals surface area contributed by atoms with Crippen LogP contribution in [0.5, 0.6) is 0 Å². The maximum atomic E-state index is 12.0. The maximum absolute atomic E-state index is 12.0. The summed E-state index contributed by atoms with van der Waals surface area (Å²) in [7, 11) is 4.04. The number of anilines is 1.